The van der Waals surface area contributed by atoms with Gasteiger partial charge < -0.3 is 10.1 Å². The Morgan fingerprint density at radius 2 is 2.00 bits per heavy atom. The van der Waals surface area contributed by atoms with E-state index in [1.54, 1.807) is 13.0 Å². The van der Waals surface area contributed by atoms with Gasteiger partial charge in [-0.2, -0.15) is 0 Å². The summed E-state index contributed by atoms with van der Waals surface area (Å²) < 4.78 is 4.77. The Balaban J connectivity index is 2.20. The van der Waals surface area contributed by atoms with Crippen molar-refractivity contribution in [3.8, 4) is 0 Å². The minimum atomic E-state index is -0.671. The highest BCUT2D eigenvalue weighted by molar-refractivity contribution is 7.99. The van der Waals surface area contributed by atoms with Gasteiger partial charge in [-0.15, -0.1) is 11.8 Å². The zero-order valence-corrected chi connectivity index (χ0v) is 13.6. The molecule has 0 saturated heterocycles. The molecule has 0 bridgehead atoms. The molecule has 0 aliphatic heterocycles. The summed E-state index contributed by atoms with van der Waals surface area (Å²) in [7, 11) is 0. The third kappa shape index (κ3) is 7.33. The molecule has 2 N–H and O–H groups in total. The quantitative estimate of drug-likeness (QED) is 0.739. The Hall–Kier alpha value is -1.73. The third-order valence-corrected chi connectivity index (χ3v) is 3.71. The molecule has 1 aromatic carbocycles. The molecule has 6 nitrogen and oxygen atoms in total. The highest BCUT2D eigenvalue weighted by atomic mass is 35.5. The standard InChI is InChI=1S/C14H17ClN2O4S/c1-2-16-14(20)17-12(18)7-21-13(19)9-22-8-10-5-3-4-6-11(10)15/h3-6H,2,7-9H2,1H3,(H2,16,17,18,20). The number of hydrogen-bond acceptors (Lipinski definition) is 5. The molecule has 0 fully saturated rings. The fraction of sp³-hybridized carbons (Fsp3) is 0.357. The third-order valence-electron chi connectivity index (χ3n) is 2.39. The second-order valence-corrected chi connectivity index (χ2v) is 5.55. The van der Waals surface area contributed by atoms with E-state index in [1.807, 2.05) is 23.5 Å². The Morgan fingerprint density at radius 3 is 2.68 bits per heavy atom. The molecule has 0 aromatic heterocycles. The van der Waals surface area contributed by atoms with Crippen LogP contribution in [0.2, 0.25) is 5.02 Å². The lowest BCUT2D eigenvalue weighted by Crippen LogP contribution is -2.41. The van der Waals surface area contributed by atoms with Crippen LogP contribution in [0.1, 0.15) is 12.5 Å². The van der Waals surface area contributed by atoms with Crippen LogP contribution in [-0.2, 0) is 20.1 Å². The molecule has 1 rings (SSSR count). The van der Waals surface area contributed by atoms with Gasteiger partial charge in [0.05, 0.1) is 5.75 Å². The molecule has 0 radical (unpaired) electrons. The number of imide groups is 1. The van der Waals surface area contributed by atoms with Gasteiger partial charge in [-0.3, -0.25) is 14.9 Å². The van der Waals surface area contributed by atoms with Crippen LogP contribution in [0.5, 0.6) is 0 Å². The Labute approximate surface area is 137 Å². The smallest absolute Gasteiger partial charge is 0.321 e. The van der Waals surface area contributed by atoms with E-state index < -0.39 is 24.5 Å². The van der Waals surface area contributed by atoms with Gasteiger partial charge in [0.1, 0.15) is 0 Å². The maximum absolute atomic E-state index is 11.5. The average Bonchev–Trinajstić information content (AvgIpc) is 2.47. The molecule has 22 heavy (non-hydrogen) atoms. The number of rotatable bonds is 7. The first-order valence-corrected chi connectivity index (χ1v) is 8.10. The molecule has 0 atom stereocenters. The van der Waals surface area contributed by atoms with Gasteiger partial charge in [-0.25, -0.2) is 4.79 Å². The van der Waals surface area contributed by atoms with Gasteiger partial charge in [0, 0.05) is 17.3 Å². The number of esters is 1. The molecular formula is C14H17ClN2O4S. The van der Waals surface area contributed by atoms with E-state index in [4.69, 9.17) is 16.3 Å². The summed E-state index contributed by atoms with van der Waals surface area (Å²) in [6, 6.07) is 6.74. The number of thioether (sulfide) groups is 1. The largest absolute Gasteiger partial charge is 0.455 e. The molecule has 0 spiro atoms. The Bertz CT molecular complexity index is 539. The molecular weight excluding hydrogens is 328 g/mol. The normalized spacial score (nSPS) is 9.91. The summed E-state index contributed by atoms with van der Waals surface area (Å²) >= 11 is 7.33. The zero-order valence-electron chi connectivity index (χ0n) is 12.1. The summed E-state index contributed by atoms with van der Waals surface area (Å²) in [6.45, 7) is 1.64. The van der Waals surface area contributed by atoms with E-state index in [2.05, 4.69) is 5.32 Å². The average molecular weight is 345 g/mol. The van der Waals surface area contributed by atoms with E-state index in [-0.39, 0.29) is 5.75 Å². The second-order valence-electron chi connectivity index (χ2n) is 4.15. The molecule has 0 aliphatic rings. The SMILES string of the molecule is CCNC(=O)NC(=O)COC(=O)CSCc1ccccc1Cl. The van der Waals surface area contributed by atoms with Crippen molar-refractivity contribution >= 4 is 41.3 Å². The number of nitrogens with one attached hydrogen (secondary N) is 2. The first kappa shape index (κ1) is 18.3. The zero-order chi connectivity index (χ0) is 16.4. The molecule has 0 heterocycles. The number of carbonyl (C=O) groups is 3. The van der Waals surface area contributed by atoms with Crippen LogP contribution in [0.25, 0.3) is 0 Å². The van der Waals surface area contributed by atoms with Crippen LogP contribution < -0.4 is 10.6 Å². The molecule has 3 amide bonds. The van der Waals surface area contributed by atoms with Crippen molar-refractivity contribution in [2.45, 2.75) is 12.7 Å². The lowest BCUT2D eigenvalue weighted by Gasteiger charge is -2.06. The monoisotopic (exact) mass is 344 g/mol. The maximum atomic E-state index is 11.5. The summed E-state index contributed by atoms with van der Waals surface area (Å²) in [5, 5.41) is 5.07. The van der Waals surface area contributed by atoms with E-state index in [9.17, 15) is 14.4 Å². The van der Waals surface area contributed by atoms with E-state index in [1.165, 1.54) is 11.8 Å². The lowest BCUT2D eigenvalue weighted by atomic mass is 10.2. The molecule has 0 saturated carbocycles. The van der Waals surface area contributed by atoms with Crippen molar-refractivity contribution in [1.29, 1.82) is 0 Å². The summed E-state index contributed by atoms with van der Waals surface area (Å²) in [4.78, 5) is 33.8. The minimum Gasteiger partial charge on any atom is -0.455 e. The lowest BCUT2D eigenvalue weighted by molar-refractivity contribution is -0.145. The molecule has 120 valence electrons. The van der Waals surface area contributed by atoms with Crippen LogP contribution in [0.15, 0.2) is 24.3 Å². The van der Waals surface area contributed by atoms with Crippen LogP contribution in [0, 0.1) is 0 Å². The van der Waals surface area contributed by atoms with Crippen molar-refractivity contribution < 1.29 is 19.1 Å². The number of halogens is 1. The first-order chi connectivity index (χ1) is 10.5. The maximum Gasteiger partial charge on any atom is 0.321 e. The van der Waals surface area contributed by atoms with Crippen LogP contribution in [0.4, 0.5) is 4.79 Å². The highest BCUT2D eigenvalue weighted by Gasteiger charge is 2.10. The highest BCUT2D eigenvalue weighted by Crippen LogP contribution is 2.20. The minimum absolute atomic E-state index is 0.0969. The van der Waals surface area contributed by atoms with E-state index in [0.29, 0.717) is 17.3 Å². The van der Waals surface area contributed by atoms with Crippen LogP contribution >= 0.6 is 23.4 Å². The van der Waals surface area contributed by atoms with E-state index >= 15 is 0 Å². The Kier molecular flexibility index (Phi) is 8.39. The van der Waals surface area contributed by atoms with Crippen molar-refractivity contribution in [3.63, 3.8) is 0 Å². The van der Waals surface area contributed by atoms with Crippen molar-refractivity contribution in [3.05, 3.63) is 34.9 Å². The number of carbonyl (C=O) groups excluding carboxylic acids is 3. The van der Waals surface area contributed by atoms with Gasteiger partial charge in [0.25, 0.3) is 5.91 Å². The van der Waals surface area contributed by atoms with Crippen molar-refractivity contribution in [2.75, 3.05) is 18.9 Å². The van der Waals surface area contributed by atoms with Crippen LogP contribution in [0.3, 0.4) is 0 Å². The number of urea groups is 1. The van der Waals surface area contributed by atoms with Gasteiger partial charge in [0.2, 0.25) is 0 Å². The van der Waals surface area contributed by atoms with Gasteiger partial charge in [-0.1, -0.05) is 29.8 Å². The predicted molar refractivity (Wildman–Crippen MR) is 85.8 cm³/mol. The number of amides is 3. The predicted octanol–water partition coefficient (Wildman–Crippen LogP) is 1.96. The second kappa shape index (κ2) is 10.1. The van der Waals surface area contributed by atoms with Gasteiger partial charge in [-0.05, 0) is 18.6 Å². The topological polar surface area (TPSA) is 84.5 Å². The van der Waals surface area contributed by atoms with Crippen molar-refractivity contribution in [2.24, 2.45) is 0 Å². The molecule has 0 aliphatic carbocycles. The number of benzene rings is 1. The fourth-order valence-corrected chi connectivity index (χ4v) is 2.52. The summed E-state index contributed by atoms with van der Waals surface area (Å²) in [6.07, 6.45) is 0. The van der Waals surface area contributed by atoms with Crippen LogP contribution in [-0.4, -0.2) is 36.8 Å². The molecule has 0 unspecified atom stereocenters. The number of ether oxygens (including phenoxy) is 1. The molecule has 8 heteroatoms. The summed E-state index contributed by atoms with van der Waals surface area (Å²) in [5.41, 5.74) is 0.927. The van der Waals surface area contributed by atoms with Gasteiger partial charge in [0.15, 0.2) is 6.61 Å². The first-order valence-electron chi connectivity index (χ1n) is 6.57. The van der Waals surface area contributed by atoms with E-state index in [0.717, 1.165) is 5.56 Å². The fourth-order valence-electron chi connectivity index (χ4n) is 1.41. The van der Waals surface area contributed by atoms with Crippen molar-refractivity contribution in [1.82, 2.24) is 10.6 Å². The Morgan fingerprint density at radius 1 is 1.27 bits per heavy atom. The van der Waals surface area contributed by atoms with Gasteiger partial charge >= 0.3 is 12.0 Å². The molecule has 1 aromatic rings. The number of hydrogen-bond donors (Lipinski definition) is 2. The summed E-state index contributed by atoms with van der Waals surface area (Å²) in [5.74, 6) is -0.530.